The van der Waals surface area contributed by atoms with E-state index in [2.05, 4.69) is 4.98 Å². The minimum atomic E-state index is -0.100. The van der Waals surface area contributed by atoms with Crippen LogP contribution >= 0.6 is 11.6 Å². The molecular formula is C15H16ClNO2. The van der Waals surface area contributed by atoms with Crippen LogP contribution in [0, 0.1) is 6.92 Å². The molecule has 0 spiro atoms. The van der Waals surface area contributed by atoms with E-state index in [1.54, 1.807) is 6.20 Å². The van der Waals surface area contributed by atoms with Crippen LogP contribution in [0.1, 0.15) is 23.7 Å². The molecule has 0 bridgehead atoms. The van der Waals surface area contributed by atoms with Crippen LogP contribution in [-0.2, 0) is 13.0 Å². The van der Waals surface area contributed by atoms with E-state index in [1.165, 1.54) is 0 Å². The molecule has 3 nitrogen and oxygen atoms in total. The van der Waals surface area contributed by atoms with Crippen molar-refractivity contribution in [2.45, 2.75) is 26.9 Å². The molecule has 2 aromatic rings. The molecule has 0 atom stereocenters. The topological polar surface area (TPSA) is 42.4 Å². The maximum atomic E-state index is 9.29. The second-order valence-electron chi connectivity index (χ2n) is 4.30. The van der Waals surface area contributed by atoms with Crippen molar-refractivity contribution in [1.29, 1.82) is 0 Å². The zero-order chi connectivity index (χ0) is 13.8. The lowest BCUT2D eigenvalue weighted by molar-refractivity contribution is 0.276. The lowest BCUT2D eigenvalue weighted by Gasteiger charge is -2.11. The van der Waals surface area contributed by atoms with Gasteiger partial charge in [0, 0.05) is 28.5 Å². The van der Waals surface area contributed by atoms with E-state index in [0.29, 0.717) is 17.1 Å². The highest BCUT2D eigenvalue weighted by atomic mass is 35.5. The Hall–Kier alpha value is -1.58. The zero-order valence-corrected chi connectivity index (χ0v) is 11.7. The SMILES string of the molecule is CCc1cc(Oc2cc(C)ncc2CO)ccc1Cl. The number of hydrogen-bond acceptors (Lipinski definition) is 3. The van der Waals surface area contributed by atoms with E-state index in [1.807, 2.05) is 38.1 Å². The Labute approximate surface area is 117 Å². The molecule has 0 aliphatic rings. The fourth-order valence-electron chi connectivity index (χ4n) is 1.79. The van der Waals surface area contributed by atoms with Gasteiger partial charge in [0.15, 0.2) is 0 Å². The summed E-state index contributed by atoms with van der Waals surface area (Å²) in [6.07, 6.45) is 2.47. The molecule has 100 valence electrons. The van der Waals surface area contributed by atoms with Gasteiger partial charge in [-0.2, -0.15) is 0 Å². The molecule has 2 rings (SSSR count). The third kappa shape index (κ3) is 3.25. The quantitative estimate of drug-likeness (QED) is 0.922. The van der Waals surface area contributed by atoms with Gasteiger partial charge in [-0.15, -0.1) is 0 Å². The van der Waals surface area contributed by atoms with Gasteiger partial charge in [-0.1, -0.05) is 18.5 Å². The standard InChI is InChI=1S/C15H16ClNO2/c1-3-11-7-13(4-5-14(11)16)19-15-6-10(2)17-8-12(15)9-18/h4-8,18H,3,9H2,1-2H3. The van der Waals surface area contributed by atoms with Crippen molar-refractivity contribution in [3.05, 3.63) is 52.3 Å². The van der Waals surface area contributed by atoms with E-state index >= 15 is 0 Å². The van der Waals surface area contributed by atoms with Crippen molar-refractivity contribution >= 4 is 11.6 Å². The third-order valence-electron chi connectivity index (χ3n) is 2.88. The highest BCUT2D eigenvalue weighted by Gasteiger charge is 2.07. The summed E-state index contributed by atoms with van der Waals surface area (Å²) in [5, 5.41) is 10.0. The normalized spacial score (nSPS) is 10.5. The summed E-state index contributed by atoms with van der Waals surface area (Å²) in [5.74, 6) is 1.33. The lowest BCUT2D eigenvalue weighted by atomic mass is 10.1. The Bertz CT molecular complexity index is 584. The molecule has 0 radical (unpaired) electrons. The average Bonchev–Trinajstić information content (AvgIpc) is 2.41. The van der Waals surface area contributed by atoms with Crippen molar-refractivity contribution in [2.75, 3.05) is 0 Å². The Balaban J connectivity index is 2.33. The molecule has 1 N–H and O–H groups in total. The fourth-order valence-corrected chi connectivity index (χ4v) is 2.04. The third-order valence-corrected chi connectivity index (χ3v) is 3.25. The second-order valence-corrected chi connectivity index (χ2v) is 4.71. The molecule has 1 aromatic heterocycles. The lowest BCUT2D eigenvalue weighted by Crippen LogP contribution is -1.95. The summed E-state index contributed by atoms with van der Waals surface area (Å²) in [6.45, 7) is 3.82. The van der Waals surface area contributed by atoms with Gasteiger partial charge < -0.3 is 9.84 Å². The molecule has 4 heteroatoms. The van der Waals surface area contributed by atoms with Gasteiger partial charge in [-0.05, 0) is 37.1 Å². The van der Waals surface area contributed by atoms with Crippen LogP contribution in [0.2, 0.25) is 5.02 Å². The molecule has 0 saturated heterocycles. The van der Waals surface area contributed by atoms with Crippen LogP contribution in [0.15, 0.2) is 30.5 Å². The molecule has 0 unspecified atom stereocenters. The summed E-state index contributed by atoms with van der Waals surface area (Å²) in [7, 11) is 0. The summed E-state index contributed by atoms with van der Waals surface area (Å²) in [6, 6.07) is 7.37. The molecule has 1 aromatic carbocycles. The number of aliphatic hydroxyl groups excluding tert-OH is 1. The number of aliphatic hydroxyl groups is 1. The van der Waals surface area contributed by atoms with Crippen LogP contribution < -0.4 is 4.74 Å². The van der Waals surface area contributed by atoms with Gasteiger partial charge in [-0.25, -0.2) is 0 Å². The smallest absolute Gasteiger partial charge is 0.136 e. The Morgan fingerprint density at radius 1 is 1.26 bits per heavy atom. The van der Waals surface area contributed by atoms with Gasteiger partial charge in [0.25, 0.3) is 0 Å². The molecule has 19 heavy (non-hydrogen) atoms. The summed E-state index contributed by atoms with van der Waals surface area (Å²) in [5.41, 5.74) is 2.55. The van der Waals surface area contributed by atoms with Crippen LogP contribution in [0.3, 0.4) is 0 Å². The van der Waals surface area contributed by atoms with Crippen LogP contribution in [0.4, 0.5) is 0 Å². The van der Waals surface area contributed by atoms with Crippen LogP contribution in [0.25, 0.3) is 0 Å². The Morgan fingerprint density at radius 2 is 2.05 bits per heavy atom. The largest absolute Gasteiger partial charge is 0.457 e. The number of halogens is 1. The minimum Gasteiger partial charge on any atom is -0.457 e. The highest BCUT2D eigenvalue weighted by Crippen LogP contribution is 2.29. The van der Waals surface area contributed by atoms with E-state index < -0.39 is 0 Å². The minimum absolute atomic E-state index is 0.100. The van der Waals surface area contributed by atoms with E-state index in [9.17, 15) is 5.11 Å². The molecule has 1 heterocycles. The maximum absolute atomic E-state index is 9.29. The van der Waals surface area contributed by atoms with Gasteiger partial charge in [0.05, 0.1) is 6.61 Å². The number of pyridine rings is 1. The second kappa shape index (κ2) is 6.04. The fraction of sp³-hybridized carbons (Fsp3) is 0.267. The summed E-state index contributed by atoms with van der Waals surface area (Å²) in [4.78, 5) is 4.14. The molecule has 0 fully saturated rings. The van der Waals surface area contributed by atoms with E-state index in [0.717, 1.165) is 22.7 Å². The van der Waals surface area contributed by atoms with Gasteiger partial charge in [0.2, 0.25) is 0 Å². The summed E-state index contributed by atoms with van der Waals surface area (Å²) < 4.78 is 5.82. The number of nitrogens with zero attached hydrogens (tertiary/aromatic N) is 1. The van der Waals surface area contributed by atoms with Crippen molar-refractivity contribution in [2.24, 2.45) is 0 Å². The predicted octanol–water partition coefficient (Wildman–Crippen LogP) is 3.89. The molecule has 0 aliphatic carbocycles. The van der Waals surface area contributed by atoms with E-state index in [4.69, 9.17) is 16.3 Å². The first kappa shape index (κ1) is 13.8. The number of benzene rings is 1. The number of aromatic nitrogens is 1. The number of aryl methyl sites for hydroxylation is 2. The zero-order valence-electron chi connectivity index (χ0n) is 11.0. The first-order chi connectivity index (χ1) is 9.13. The van der Waals surface area contributed by atoms with E-state index in [-0.39, 0.29) is 6.61 Å². The highest BCUT2D eigenvalue weighted by molar-refractivity contribution is 6.31. The molecule has 0 saturated carbocycles. The Morgan fingerprint density at radius 3 is 2.74 bits per heavy atom. The number of ether oxygens (including phenoxy) is 1. The van der Waals surface area contributed by atoms with Gasteiger partial charge in [0.1, 0.15) is 11.5 Å². The summed E-state index contributed by atoms with van der Waals surface area (Å²) >= 11 is 6.08. The van der Waals surface area contributed by atoms with Crippen molar-refractivity contribution < 1.29 is 9.84 Å². The van der Waals surface area contributed by atoms with Gasteiger partial charge in [-0.3, -0.25) is 4.98 Å². The van der Waals surface area contributed by atoms with Crippen molar-refractivity contribution in [3.8, 4) is 11.5 Å². The van der Waals surface area contributed by atoms with Gasteiger partial charge >= 0.3 is 0 Å². The molecule has 0 amide bonds. The van der Waals surface area contributed by atoms with Crippen molar-refractivity contribution in [1.82, 2.24) is 4.98 Å². The average molecular weight is 278 g/mol. The Kier molecular flexibility index (Phi) is 4.40. The monoisotopic (exact) mass is 277 g/mol. The number of rotatable bonds is 4. The van der Waals surface area contributed by atoms with Crippen LogP contribution in [-0.4, -0.2) is 10.1 Å². The molecule has 0 aliphatic heterocycles. The number of hydrogen-bond donors (Lipinski definition) is 1. The van der Waals surface area contributed by atoms with Crippen LogP contribution in [0.5, 0.6) is 11.5 Å². The van der Waals surface area contributed by atoms with Crippen molar-refractivity contribution in [3.63, 3.8) is 0 Å². The first-order valence-corrected chi connectivity index (χ1v) is 6.54. The maximum Gasteiger partial charge on any atom is 0.136 e. The first-order valence-electron chi connectivity index (χ1n) is 6.16. The predicted molar refractivity (Wildman–Crippen MR) is 75.8 cm³/mol. The molecular weight excluding hydrogens is 262 g/mol.